The maximum Gasteiger partial charge on any atom is 0.254 e. The van der Waals surface area contributed by atoms with Gasteiger partial charge in [-0.1, -0.05) is 20.8 Å². The number of amides is 1. The summed E-state index contributed by atoms with van der Waals surface area (Å²) >= 11 is 0. The lowest BCUT2D eigenvalue weighted by Crippen LogP contribution is -2.31. The quantitative estimate of drug-likeness (QED) is 0.644. The molecule has 0 bridgehead atoms. The Bertz CT molecular complexity index is 505. The highest BCUT2D eigenvalue weighted by Crippen LogP contribution is 2.34. The van der Waals surface area contributed by atoms with E-state index in [1.54, 1.807) is 0 Å². The van der Waals surface area contributed by atoms with Gasteiger partial charge in [-0.15, -0.1) is 0 Å². The minimum Gasteiger partial charge on any atom is -0.338 e. The first-order valence-electron chi connectivity index (χ1n) is 7.19. The molecule has 0 saturated carbocycles. The average molecular weight is 275 g/mol. The van der Waals surface area contributed by atoms with Crippen molar-refractivity contribution in [3.05, 3.63) is 29.3 Å². The summed E-state index contributed by atoms with van der Waals surface area (Å²) < 4.78 is 0. The molecule has 1 saturated heterocycles. The fourth-order valence-electron chi connectivity index (χ4n) is 2.82. The largest absolute Gasteiger partial charge is 0.338 e. The minimum atomic E-state index is 0.137. The highest BCUT2D eigenvalue weighted by molar-refractivity contribution is 5.96. The van der Waals surface area contributed by atoms with E-state index in [0.717, 1.165) is 36.3 Å². The van der Waals surface area contributed by atoms with Crippen LogP contribution >= 0.6 is 0 Å². The number of nitrogens with two attached hydrogens (primary N) is 1. The van der Waals surface area contributed by atoms with E-state index in [1.165, 1.54) is 0 Å². The van der Waals surface area contributed by atoms with Gasteiger partial charge in [0.2, 0.25) is 0 Å². The van der Waals surface area contributed by atoms with Gasteiger partial charge in [0.1, 0.15) is 0 Å². The van der Waals surface area contributed by atoms with Gasteiger partial charge in [0.25, 0.3) is 5.91 Å². The van der Waals surface area contributed by atoms with Crippen LogP contribution in [0.4, 0.5) is 5.69 Å². The van der Waals surface area contributed by atoms with Crippen molar-refractivity contribution in [1.29, 1.82) is 0 Å². The minimum absolute atomic E-state index is 0.137. The lowest BCUT2D eigenvalue weighted by molar-refractivity contribution is 0.0776. The molecule has 0 radical (unpaired) electrons. The molecule has 20 heavy (non-hydrogen) atoms. The number of nitrogens with zero attached hydrogens (tertiary/aromatic N) is 1. The predicted molar refractivity (Wildman–Crippen MR) is 82.5 cm³/mol. The third-order valence-electron chi connectivity index (χ3n) is 4.32. The summed E-state index contributed by atoms with van der Waals surface area (Å²) in [5.74, 6) is 6.10. The molecule has 4 nitrogen and oxygen atoms in total. The van der Waals surface area contributed by atoms with E-state index in [9.17, 15) is 4.79 Å². The summed E-state index contributed by atoms with van der Waals surface area (Å²) in [6, 6.07) is 5.61. The Kier molecular flexibility index (Phi) is 4.04. The maximum absolute atomic E-state index is 12.6. The standard InChI is InChI=1S/C16H25N3O/c1-11-9-13(18-17)5-6-14(11)15(20)19-8-7-12(10-19)16(2,3)4/h5-6,9,12,18H,7-8,10,17H2,1-4H3. The third kappa shape index (κ3) is 2.96. The Balaban J connectivity index is 2.13. The van der Waals surface area contributed by atoms with Crippen molar-refractivity contribution in [2.75, 3.05) is 18.5 Å². The average Bonchev–Trinajstić information content (AvgIpc) is 2.87. The van der Waals surface area contributed by atoms with Crippen LogP contribution in [0.5, 0.6) is 0 Å². The molecule has 1 fully saturated rings. The molecule has 1 aliphatic rings. The van der Waals surface area contributed by atoms with Gasteiger partial charge >= 0.3 is 0 Å². The number of hydrogen-bond acceptors (Lipinski definition) is 3. The summed E-state index contributed by atoms with van der Waals surface area (Å²) in [5.41, 5.74) is 5.43. The number of benzene rings is 1. The first-order chi connectivity index (χ1) is 9.32. The summed E-state index contributed by atoms with van der Waals surface area (Å²) in [7, 11) is 0. The van der Waals surface area contributed by atoms with Gasteiger partial charge in [0, 0.05) is 24.3 Å². The Labute approximate surface area is 121 Å². The summed E-state index contributed by atoms with van der Waals surface area (Å²) in [5, 5.41) is 0. The van der Waals surface area contributed by atoms with Gasteiger partial charge in [-0.3, -0.25) is 10.6 Å². The van der Waals surface area contributed by atoms with Crippen LogP contribution < -0.4 is 11.3 Å². The smallest absolute Gasteiger partial charge is 0.254 e. The molecule has 1 atom stereocenters. The number of carbonyl (C=O) groups is 1. The van der Waals surface area contributed by atoms with E-state index >= 15 is 0 Å². The highest BCUT2D eigenvalue weighted by atomic mass is 16.2. The first-order valence-corrected chi connectivity index (χ1v) is 7.19. The molecule has 0 aromatic heterocycles. The zero-order valence-corrected chi connectivity index (χ0v) is 12.9. The zero-order valence-electron chi connectivity index (χ0n) is 12.9. The number of anilines is 1. The first kappa shape index (κ1) is 14.9. The van der Waals surface area contributed by atoms with Crippen molar-refractivity contribution in [2.45, 2.75) is 34.1 Å². The number of aryl methyl sites for hydroxylation is 1. The highest BCUT2D eigenvalue weighted by Gasteiger charge is 2.34. The Morgan fingerprint density at radius 1 is 1.40 bits per heavy atom. The van der Waals surface area contributed by atoms with Crippen LogP contribution in [0.2, 0.25) is 0 Å². The monoisotopic (exact) mass is 275 g/mol. The molecular weight excluding hydrogens is 250 g/mol. The van der Waals surface area contributed by atoms with E-state index < -0.39 is 0 Å². The van der Waals surface area contributed by atoms with Crippen LogP contribution in [0.25, 0.3) is 0 Å². The Hall–Kier alpha value is -1.55. The second kappa shape index (κ2) is 5.44. The number of nitrogen functional groups attached to an aromatic ring is 1. The van der Waals surface area contributed by atoms with Crippen LogP contribution in [0.1, 0.15) is 43.1 Å². The van der Waals surface area contributed by atoms with Crippen molar-refractivity contribution in [2.24, 2.45) is 17.2 Å². The molecule has 1 aromatic carbocycles. The molecule has 3 N–H and O–H groups in total. The summed E-state index contributed by atoms with van der Waals surface area (Å²) in [6.45, 7) is 10.4. The van der Waals surface area contributed by atoms with E-state index in [-0.39, 0.29) is 11.3 Å². The summed E-state index contributed by atoms with van der Waals surface area (Å²) in [4.78, 5) is 14.6. The molecule has 4 heteroatoms. The van der Waals surface area contributed by atoms with E-state index in [0.29, 0.717) is 5.92 Å². The fourth-order valence-corrected chi connectivity index (χ4v) is 2.82. The number of hydrogen-bond donors (Lipinski definition) is 2. The Morgan fingerprint density at radius 3 is 2.60 bits per heavy atom. The van der Waals surface area contributed by atoms with Gasteiger partial charge < -0.3 is 10.3 Å². The van der Waals surface area contributed by atoms with Crippen molar-refractivity contribution in [3.8, 4) is 0 Å². The molecule has 1 amide bonds. The predicted octanol–water partition coefficient (Wildman–Crippen LogP) is 2.79. The normalized spacial score (nSPS) is 19.2. The van der Waals surface area contributed by atoms with E-state index in [2.05, 4.69) is 26.2 Å². The molecule has 1 unspecified atom stereocenters. The van der Waals surface area contributed by atoms with E-state index in [4.69, 9.17) is 5.84 Å². The van der Waals surface area contributed by atoms with E-state index in [1.807, 2.05) is 30.0 Å². The number of likely N-dealkylation sites (tertiary alicyclic amines) is 1. The number of carbonyl (C=O) groups excluding carboxylic acids is 1. The van der Waals surface area contributed by atoms with Gasteiger partial charge in [-0.25, -0.2) is 0 Å². The molecule has 2 rings (SSSR count). The van der Waals surface area contributed by atoms with Gasteiger partial charge in [-0.05, 0) is 48.4 Å². The van der Waals surface area contributed by atoms with Crippen LogP contribution in [0.3, 0.4) is 0 Å². The van der Waals surface area contributed by atoms with Crippen molar-refractivity contribution < 1.29 is 4.79 Å². The molecule has 1 aromatic rings. The van der Waals surface area contributed by atoms with Crippen molar-refractivity contribution >= 4 is 11.6 Å². The zero-order chi connectivity index (χ0) is 14.9. The molecule has 1 aliphatic heterocycles. The van der Waals surface area contributed by atoms with Crippen LogP contribution in [0, 0.1) is 18.3 Å². The SMILES string of the molecule is Cc1cc(NN)ccc1C(=O)N1CCC(C(C)(C)C)C1. The lowest BCUT2D eigenvalue weighted by atomic mass is 9.80. The molecular formula is C16H25N3O. The maximum atomic E-state index is 12.6. The second-order valence-corrected chi connectivity index (χ2v) is 6.78. The number of rotatable bonds is 2. The third-order valence-corrected chi connectivity index (χ3v) is 4.32. The molecule has 0 aliphatic carbocycles. The lowest BCUT2D eigenvalue weighted by Gasteiger charge is -2.27. The van der Waals surface area contributed by atoms with Gasteiger partial charge in [-0.2, -0.15) is 0 Å². The van der Waals surface area contributed by atoms with Gasteiger partial charge in [0.15, 0.2) is 0 Å². The molecule has 1 heterocycles. The van der Waals surface area contributed by atoms with Crippen LogP contribution in [-0.4, -0.2) is 23.9 Å². The number of hydrazine groups is 1. The number of nitrogens with one attached hydrogen (secondary N) is 1. The molecule has 0 spiro atoms. The Morgan fingerprint density at radius 2 is 2.10 bits per heavy atom. The second-order valence-electron chi connectivity index (χ2n) is 6.78. The summed E-state index contributed by atoms with van der Waals surface area (Å²) in [6.07, 6.45) is 1.09. The van der Waals surface area contributed by atoms with Crippen molar-refractivity contribution in [3.63, 3.8) is 0 Å². The van der Waals surface area contributed by atoms with Crippen molar-refractivity contribution in [1.82, 2.24) is 4.90 Å². The molecule has 110 valence electrons. The topological polar surface area (TPSA) is 58.4 Å². The van der Waals surface area contributed by atoms with Gasteiger partial charge in [0.05, 0.1) is 0 Å². The van der Waals surface area contributed by atoms with Crippen LogP contribution in [0.15, 0.2) is 18.2 Å². The van der Waals surface area contributed by atoms with Crippen LogP contribution in [-0.2, 0) is 0 Å². The fraction of sp³-hybridized carbons (Fsp3) is 0.562.